The van der Waals surface area contributed by atoms with Crippen molar-refractivity contribution in [3.8, 4) is 0 Å². The summed E-state index contributed by atoms with van der Waals surface area (Å²) in [5, 5.41) is 3.45. The van der Waals surface area contributed by atoms with Crippen molar-refractivity contribution in [2.24, 2.45) is 0 Å². The molecule has 5 nitrogen and oxygen atoms in total. The molecule has 2 aliphatic heterocycles. The first-order valence-corrected chi connectivity index (χ1v) is 7.80. The van der Waals surface area contributed by atoms with E-state index in [1.807, 2.05) is 6.08 Å². The van der Waals surface area contributed by atoms with Gasteiger partial charge in [-0.15, -0.1) is 0 Å². The van der Waals surface area contributed by atoms with Crippen LogP contribution in [0.5, 0.6) is 0 Å². The van der Waals surface area contributed by atoms with Crippen molar-refractivity contribution in [2.75, 3.05) is 36.5 Å². The van der Waals surface area contributed by atoms with Crippen LogP contribution in [0.25, 0.3) is 0 Å². The zero-order chi connectivity index (χ0) is 14.0. The Hall–Kier alpha value is -0.955. The Morgan fingerprint density at radius 2 is 2.20 bits per heavy atom. The number of hydrogen-bond donors (Lipinski definition) is 1. The summed E-state index contributed by atoms with van der Waals surface area (Å²) in [4.78, 5) is 7.00. The minimum atomic E-state index is -0.181. The van der Waals surface area contributed by atoms with Crippen LogP contribution < -0.4 is 10.2 Å². The lowest BCUT2D eigenvalue weighted by atomic mass is 9.75. The highest BCUT2D eigenvalue weighted by Gasteiger charge is 2.29. The number of aromatic nitrogens is 1. The van der Waals surface area contributed by atoms with Crippen LogP contribution >= 0.6 is 22.6 Å². The molecule has 0 aromatic carbocycles. The maximum absolute atomic E-state index is 5.39. The fourth-order valence-electron chi connectivity index (χ4n) is 2.34. The average molecular weight is 385 g/mol. The topological polar surface area (TPSA) is 46.6 Å². The number of anilines is 2. The van der Waals surface area contributed by atoms with Crippen LogP contribution in [-0.4, -0.2) is 44.2 Å². The molecule has 1 aromatic rings. The van der Waals surface area contributed by atoms with Crippen LogP contribution in [0.1, 0.15) is 6.92 Å². The third kappa shape index (κ3) is 3.20. The summed E-state index contributed by atoms with van der Waals surface area (Å²) in [5.41, 5.74) is -0.181. The maximum atomic E-state index is 5.39. The first kappa shape index (κ1) is 14.0. The zero-order valence-corrected chi connectivity index (χ0v) is 13.6. The van der Waals surface area contributed by atoms with Crippen LogP contribution in [0.3, 0.4) is 0 Å². The quantitative estimate of drug-likeness (QED) is 0.632. The van der Waals surface area contributed by atoms with Crippen molar-refractivity contribution in [3.63, 3.8) is 0 Å². The van der Waals surface area contributed by atoms with Crippen LogP contribution in [-0.2, 0) is 9.39 Å². The predicted octanol–water partition coefficient (Wildman–Crippen LogP) is 1.55. The van der Waals surface area contributed by atoms with Crippen molar-refractivity contribution in [1.29, 1.82) is 0 Å². The van der Waals surface area contributed by atoms with E-state index in [9.17, 15) is 0 Å². The molecule has 0 aliphatic carbocycles. The van der Waals surface area contributed by atoms with Gasteiger partial charge in [-0.1, -0.05) is 0 Å². The van der Waals surface area contributed by atoms with Gasteiger partial charge in [0.1, 0.15) is 11.6 Å². The maximum Gasteiger partial charge on any atom is 0.368 e. The standard InChI is InChI=1S/C13H17BIN3O2/c1-13(2-5-20-14-13)17-11-8-10(15)9-12(16-11)18-3-6-19-7-4-18/h2,5,8-9,14H,3-4,6-7H2,1H3,(H,16,17). The summed E-state index contributed by atoms with van der Waals surface area (Å²) >= 11 is 2.33. The Kier molecular flexibility index (Phi) is 4.07. The monoisotopic (exact) mass is 385 g/mol. The molecule has 1 fully saturated rings. The number of rotatable bonds is 3. The summed E-state index contributed by atoms with van der Waals surface area (Å²) in [5.74, 6) is 1.89. The van der Waals surface area contributed by atoms with E-state index in [-0.39, 0.29) is 5.44 Å². The summed E-state index contributed by atoms with van der Waals surface area (Å²) in [6.45, 7) is 5.43. The first-order valence-electron chi connectivity index (χ1n) is 6.72. The van der Waals surface area contributed by atoms with Gasteiger partial charge in [-0.3, -0.25) is 0 Å². The summed E-state index contributed by atoms with van der Waals surface area (Å²) < 4.78 is 11.9. The van der Waals surface area contributed by atoms with E-state index < -0.39 is 0 Å². The van der Waals surface area contributed by atoms with Crippen molar-refractivity contribution >= 4 is 41.7 Å². The fraction of sp³-hybridized carbons (Fsp3) is 0.462. The van der Waals surface area contributed by atoms with Gasteiger partial charge < -0.3 is 19.6 Å². The molecule has 3 rings (SSSR count). The molecule has 0 bridgehead atoms. The molecule has 1 atom stereocenters. The number of hydrogen-bond acceptors (Lipinski definition) is 5. The van der Waals surface area contributed by atoms with E-state index in [0.29, 0.717) is 7.48 Å². The average Bonchev–Trinajstić information content (AvgIpc) is 2.85. The largest absolute Gasteiger partial charge is 0.566 e. The number of pyridine rings is 1. The van der Waals surface area contributed by atoms with Gasteiger partial charge in [0.15, 0.2) is 0 Å². The molecule has 20 heavy (non-hydrogen) atoms. The lowest BCUT2D eigenvalue weighted by Crippen LogP contribution is -2.38. The molecular weight excluding hydrogens is 368 g/mol. The Labute approximate surface area is 133 Å². The molecular formula is C13H17BIN3O2. The van der Waals surface area contributed by atoms with Gasteiger partial charge in [-0.05, 0) is 47.7 Å². The second-order valence-electron chi connectivity index (χ2n) is 5.28. The third-order valence-electron chi connectivity index (χ3n) is 3.44. The third-order valence-corrected chi connectivity index (χ3v) is 4.06. The molecule has 1 N–H and O–H groups in total. The molecule has 7 heteroatoms. The molecule has 0 amide bonds. The number of nitrogens with one attached hydrogen (secondary N) is 1. The smallest absolute Gasteiger partial charge is 0.368 e. The second kappa shape index (κ2) is 5.81. The van der Waals surface area contributed by atoms with Gasteiger partial charge in [0.25, 0.3) is 0 Å². The van der Waals surface area contributed by atoms with Crippen molar-refractivity contribution in [3.05, 3.63) is 28.0 Å². The fourth-order valence-corrected chi connectivity index (χ4v) is 2.91. The van der Waals surface area contributed by atoms with Crippen LogP contribution in [0.2, 0.25) is 0 Å². The zero-order valence-electron chi connectivity index (χ0n) is 11.4. The van der Waals surface area contributed by atoms with E-state index in [4.69, 9.17) is 14.4 Å². The highest BCUT2D eigenvalue weighted by Crippen LogP contribution is 2.24. The Balaban J connectivity index is 1.80. The second-order valence-corrected chi connectivity index (χ2v) is 6.53. The van der Waals surface area contributed by atoms with Crippen molar-refractivity contribution in [1.82, 2.24) is 4.98 Å². The summed E-state index contributed by atoms with van der Waals surface area (Å²) in [6, 6.07) is 4.17. The molecule has 3 heterocycles. The van der Waals surface area contributed by atoms with Gasteiger partial charge in [0, 0.05) is 16.7 Å². The van der Waals surface area contributed by atoms with E-state index in [1.54, 1.807) is 6.26 Å². The van der Waals surface area contributed by atoms with E-state index in [2.05, 4.69) is 51.9 Å². The molecule has 0 radical (unpaired) electrons. The Bertz CT molecular complexity index is 522. The Morgan fingerprint density at radius 3 is 2.90 bits per heavy atom. The molecule has 0 saturated carbocycles. The predicted molar refractivity (Wildman–Crippen MR) is 89.4 cm³/mol. The highest BCUT2D eigenvalue weighted by molar-refractivity contribution is 14.1. The lowest BCUT2D eigenvalue weighted by Gasteiger charge is -2.29. The molecule has 1 aromatic heterocycles. The van der Waals surface area contributed by atoms with Crippen LogP contribution in [0.15, 0.2) is 24.5 Å². The van der Waals surface area contributed by atoms with Crippen molar-refractivity contribution in [2.45, 2.75) is 12.4 Å². The van der Waals surface area contributed by atoms with Crippen molar-refractivity contribution < 1.29 is 9.39 Å². The van der Waals surface area contributed by atoms with E-state index >= 15 is 0 Å². The summed E-state index contributed by atoms with van der Waals surface area (Å²) in [7, 11) is 0.632. The first-order chi connectivity index (χ1) is 9.65. The van der Waals surface area contributed by atoms with Crippen LogP contribution in [0, 0.1) is 3.57 Å². The van der Waals surface area contributed by atoms with Gasteiger partial charge in [-0.2, -0.15) is 0 Å². The van der Waals surface area contributed by atoms with E-state index in [0.717, 1.165) is 37.9 Å². The highest BCUT2D eigenvalue weighted by atomic mass is 127. The number of ether oxygens (including phenoxy) is 1. The summed E-state index contributed by atoms with van der Waals surface area (Å²) in [6.07, 6.45) is 3.77. The van der Waals surface area contributed by atoms with Gasteiger partial charge in [-0.25, -0.2) is 4.98 Å². The minimum Gasteiger partial charge on any atom is -0.566 e. The Morgan fingerprint density at radius 1 is 1.40 bits per heavy atom. The van der Waals surface area contributed by atoms with Crippen LogP contribution in [0.4, 0.5) is 11.6 Å². The van der Waals surface area contributed by atoms with Gasteiger partial charge in [0.05, 0.1) is 24.9 Å². The number of morpholine rings is 1. The molecule has 1 saturated heterocycles. The van der Waals surface area contributed by atoms with Gasteiger partial charge >= 0.3 is 7.48 Å². The normalized spacial score (nSPS) is 25.2. The molecule has 1 unspecified atom stereocenters. The molecule has 106 valence electrons. The molecule has 2 aliphatic rings. The number of nitrogens with zero attached hydrogens (tertiary/aromatic N) is 2. The SMILES string of the molecule is CC1(Nc2cc(I)cc(N3CCOCC3)n2)BOC=C1. The lowest BCUT2D eigenvalue weighted by molar-refractivity contribution is 0.122. The number of halogens is 1. The minimum absolute atomic E-state index is 0.181. The molecule has 0 spiro atoms. The van der Waals surface area contributed by atoms with E-state index in [1.165, 1.54) is 3.57 Å². The van der Waals surface area contributed by atoms with Gasteiger partial charge in [0.2, 0.25) is 0 Å².